The molecule has 0 saturated heterocycles. The summed E-state index contributed by atoms with van der Waals surface area (Å²) in [5.41, 5.74) is 3.07. The van der Waals surface area contributed by atoms with Gasteiger partial charge in [0.25, 0.3) is 0 Å². The van der Waals surface area contributed by atoms with E-state index in [2.05, 4.69) is 31.2 Å². The molecule has 0 heterocycles. The lowest BCUT2D eigenvalue weighted by molar-refractivity contribution is 0.250. The molecule has 1 N–H and O–H groups in total. The van der Waals surface area contributed by atoms with Crippen LogP contribution in [0.25, 0.3) is 0 Å². The molecule has 1 aliphatic carbocycles. The van der Waals surface area contributed by atoms with Crippen LogP contribution in [0.15, 0.2) is 24.3 Å². The fraction of sp³-hybridized carbons (Fsp3) is 0.538. The maximum atomic E-state index is 8.92. The van der Waals surface area contributed by atoms with Crippen LogP contribution in [-0.2, 0) is 6.42 Å². The van der Waals surface area contributed by atoms with E-state index in [0.717, 1.165) is 11.7 Å². The van der Waals surface area contributed by atoms with E-state index < -0.39 is 0 Å². The van der Waals surface area contributed by atoms with Crippen LogP contribution in [0.5, 0.6) is 0 Å². The minimum absolute atomic E-state index is 0.314. The molecular weight excluding hydrogens is 204 g/mol. The summed E-state index contributed by atoms with van der Waals surface area (Å²) in [5, 5.41) is 8.92. The van der Waals surface area contributed by atoms with Crippen LogP contribution in [0.3, 0.4) is 0 Å². The lowest BCUT2D eigenvalue weighted by atomic mass is 9.79. The van der Waals surface area contributed by atoms with Gasteiger partial charge < -0.3 is 5.11 Å². The van der Waals surface area contributed by atoms with Crippen LogP contribution >= 0.6 is 11.8 Å². The van der Waals surface area contributed by atoms with Crippen LogP contribution < -0.4 is 0 Å². The highest BCUT2D eigenvalue weighted by molar-refractivity contribution is 7.99. The van der Waals surface area contributed by atoms with Gasteiger partial charge in [-0.2, -0.15) is 11.8 Å². The van der Waals surface area contributed by atoms with E-state index in [-0.39, 0.29) is 0 Å². The predicted molar refractivity (Wildman–Crippen MR) is 66.5 cm³/mol. The molecule has 0 bridgehead atoms. The summed E-state index contributed by atoms with van der Waals surface area (Å²) in [6.07, 6.45) is 1.25. The van der Waals surface area contributed by atoms with Gasteiger partial charge in [0.2, 0.25) is 0 Å². The first-order valence-corrected chi connectivity index (χ1v) is 6.73. The van der Waals surface area contributed by atoms with Crippen molar-refractivity contribution in [3.05, 3.63) is 35.4 Å². The Balaban J connectivity index is 1.75. The molecule has 82 valence electrons. The summed E-state index contributed by atoms with van der Waals surface area (Å²) in [7, 11) is 0. The molecule has 0 radical (unpaired) electrons. The zero-order valence-electron chi connectivity index (χ0n) is 9.15. The Morgan fingerprint density at radius 2 is 2.27 bits per heavy atom. The zero-order chi connectivity index (χ0) is 10.7. The van der Waals surface area contributed by atoms with Crippen molar-refractivity contribution in [2.45, 2.75) is 19.3 Å². The Morgan fingerprint density at radius 1 is 1.47 bits per heavy atom. The van der Waals surface area contributed by atoms with Crippen molar-refractivity contribution in [3.8, 4) is 0 Å². The number of rotatable bonds is 5. The molecule has 0 saturated carbocycles. The smallest absolute Gasteiger partial charge is 0.0464 e. The van der Waals surface area contributed by atoms with Crippen molar-refractivity contribution in [1.29, 1.82) is 0 Å². The molecule has 1 aliphatic rings. The fourth-order valence-electron chi connectivity index (χ4n) is 1.98. The lowest BCUT2D eigenvalue weighted by Gasteiger charge is -2.30. The first-order chi connectivity index (χ1) is 7.31. The average Bonchev–Trinajstić information content (AvgIpc) is 2.24. The molecule has 0 amide bonds. The molecular formula is C13H18OS. The van der Waals surface area contributed by atoms with E-state index in [0.29, 0.717) is 12.5 Å². The van der Waals surface area contributed by atoms with E-state index >= 15 is 0 Å². The summed E-state index contributed by atoms with van der Waals surface area (Å²) in [5.74, 6) is 3.48. The third-order valence-electron chi connectivity index (χ3n) is 2.99. The van der Waals surface area contributed by atoms with Crippen molar-refractivity contribution in [3.63, 3.8) is 0 Å². The second kappa shape index (κ2) is 5.04. The zero-order valence-corrected chi connectivity index (χ0v) is 9.96. The van der Waals surface area contributed by atoms with Crippen molar-refractivity contribution in [2.75, 3.05) is 18.1 Å². The van der Waals surface area contributed by atoms with E-state index in [1.165, 1.54) is 17.7 Å². The highest BCUT2D eigenvalue weighted by Gasteiger charge is 2.24. The fourth-order valence-corrected chi connectivity index (χ4v) is 3.20. The van der Waals surface area contributed by atoms with Gasteiger partial charge in [-0.1, -0.05) is 31.2 Å². The van der Waals surface area contributed by atoms with Crippen molar-refractivity contribution >= 4 is 11.8 Å². The maximum Gasteiger partial charge on any atom is 0.0464 e. The third kappa shape index (κ3) is 2.56. The van der Waals surface area contributed by atoms with Crippen molar-refractivity contribution in [1.82, 2.24) is 0 Å². The van der Waals surface area contributed by atoms with Gasteiger partial charge in [-0.3, -0.25) is 0 Å². The summed E-state index contributed by atoms with van der Waals surface area (Å²) in [4.78, 5) is 0. The summed E-state index contributed by atoms with van der Waals surface area (Å²) in [6.45, 7) is 2.41. The average molecular weight is 222 g/mol. The molecule has 2 atom stereocenters. The van der Waals surface area contributed by atoms with E-state index in [4.69, 9.17) is 5.11 Å². The number of hydrogen-bond acceptors (Lipinski definition) is 2. The molecule has 15 heavy (non-hydrogen) atoms. The second-order valence-electron chi connectivity index (χ2n) is 4.43. The highest BCUT2D eigenvalue weighted by Crippen LogP contribution is 2.37. The first-order valence-electron chi connectivity index (χ1n) is 5.57. The second-order valence-corrected chi connectivity index (χ2v) is 5.50. The van der Waals surface area contributed by atoms with Crippen LogP contribution in [0.1, 0.15) is 24.0 Å². The summed E-state index contributed by atoms with van der Waals surface area (Å²) >= 11 is 1.97. The van der Waals surface area contributed by atoms with Crippen LogP contribution in [0.2, 0.25) is 0 Å². The largest absolute Gasteiger partial charge is 0.396 e. The Hall–Kier alpha value is -0.470. The van der Waals surface area contributed by atoms with Gasteiger partial charge in [0.1, 0.15) is 0 Å². The van der Waals surface area contributed by atoms with Crippen molar-refractivity contribution in [2.24, 2.45) is 5.92 Å². The molecule has 0 aromatic heterocycles. The van der Waals surface area contributed by atoms with Gasteiger partial charge >= 0.3 is 0 Å². The van der Waals surface area contributed by atoms with Crippen LogP contribution in [0.4, 0.5) is 0 Å². The van der Waals surface area contributed by atoms with Gasteiger partial charge in [-0.05, 0) is 35.1 Å². The monoisotopic (exact) mass is 222 g/mol. The Morgan fingerprint density at radius 3 is 3.00 bits per heavy atom. The number of fused-ring (bicyclic) bond motifs is 1. The normalized spacial score (nSPS) is 20.5. The topological polar surface area (TPSA) is 20.2 Å². The Kier molecular flexibility index (Phi) is 3.71. The van der Waals surface area contributed by atoms with Gasteiger partial charge in [-0.15, -0.1) is 0 Å². The molecule has 2 heteroatoms. The molecule has 2 rings (SSSR count). The SMILES string of the molecule is CC(CO)CSCC1Cc2ccccc21. The van der Waals surface area contributed by atoms with E-state index in [1.807, 2.05) is 11.8 Å². The van der Waals surface area contributed by atoms with Crippen LogP contribution in [0, 0.1) is 5.92 Å². The van der Waals surface area contributed by atoms with Gasteiger partial charge in [0.15, 0.2) is 0 Å². The number of thioether (sulfide) groups is 1. The van der Waals surface area contributed by atoms with E-state index in [1.54, 1.807) is 5.56 Å². The minimum atomic E-state index is 0.314. The van der Waals surface area contributed by atoms with Gasteiger partial charge in [0, 0.05) is 12.4 Å². The number of hydrogen-bond donors (Lipinski definition) is 1. The van der Waals surface area contributed by atoms with Crippen LogP contribution in [-0.4, -0.2) is 23.2 Å². The number of benzene rings is 1. The van der Waals surface area contributed by atoms with Gasteiger partial charge in [0.05, 0.1) is 0 Å². The maximum absolute atomic E-state index is 8.92. The summed E-state index contributed by atoms with van der Waals surface area (Å²) in [6, 6.07) is 8.73. The molecule has 0 spiro atoms. The molecule has 0 aliphatic heterocycles. The standard InChI is InChI=1S/C13H18OS/c1-10(7-14)8-15-9-12-6-11-4-2-3-5-13(11)12/h2-5,10,12,14H,6-9H2,1H3. The molecule has 1 aromatic rings. The van der Waals surface area contributed by atoms with Gasteiger partial charge in [-0.25, -0.2) is 0 Å². The third-order valence-corrected chi connectivity index (χ3v) is 4.44. The quantitative estimate of drug-likeness (QED) is 0.826. The Labute approximate surface area is 95.9 Å². The number of aliphatic hydroxyl groups is 1. The summed E-state index contributed by atoms with van der Waals surface area (Å²) < 4.78 is 0. The molecule has 2 unspecified atom stereocenters. The lowest BCUT2D eigenvalue weighted by Crippen LogP contribution is -2.19. The molecule has 1 nitrogen and oxygen atoms in total. The highest BCUT2D eigenvalue weighted by atomic mass is 32.2. The predicted octanol–water partition coefficient (Wildman–Crippen LogP) is 2.69. The molecule has 0 fully saturated rings. The molecule has 1 aromatic carbocycles. The van der Waals surface area contributed by atoms with Crippen molar-refractivity contribution < 1.29 is 5.11 Å². The first kappa shape index (κ1) is 11.0. The van der Waals surface area contributed by atoms with E-state index in [9.17, 15) is 0 Å². The minimum Gasteiger partial charge on any atom is -0.396 e. The number of aliphatic hydroxyl groups excluding tert-OH is 1. The Bertz CT molecular complexity index is 324.